The summed E-state index contributed by atoms with van der Waals surface area (Å²) < 4.78 is 27.5. The number of halogens is 3. The predicted octanol–water partition coefficient (Wildman–Crippen LogP) is 5.03. The van der Waals surface area contributed by atoms with Crippen LogP contribution in [0.1, 0.15) is 24.8 Å². The Morgan fingerprint density at radius 3 is 2.30 bits per heavy atom. The Labute approximate surface area is 191 Å². The zero-order valence-electron chi connectivity index (χ0n) is 16.2. The molecule has 5 nitrogen and oxygen atoms in total. The number of nitrogens with zero attached hydrogens (tertiary/aromatic N) is 2. The molecule has 2 aliphatic rings. The number of piperidine rings is 1. The number of hydrogen-bond donors (Lipinski definition) is 0. The van der Waals surface area contributed by atoms with Crippen LogP contribution < -0.4 is 4.90 Å². The van der Waals surface area contributed by atoms with Crippen LogP contribution in [0.2, 0.25) is 15.1 Å². The van der Waals surface area contributed by atoms with E-state index in [-0.39, 0.29) is 39.9 Å². The van der Waals surface area contributed by atoms with Crippen molar-refractivity contribution in [2.24, 2.45) is 5.92 Å². The van der Waals surface area contributed by atoms with Crippen molar-refractivity contribution >= 4 is 56.4 Å². The monoisotopic (exact) mass is 486 g/mol. The summed E-state index contributed by atoms with van der Waals surface area (Å²) in [6.07, 6.45) is 2.70. The molecule has 2 aliphatic heterocycles. The summed E-state index contributed by atoms with van der Waals surface area (Å²) in [5.41, 5.74) is 1.99. The minimum absolute atomic E-state index is 0.0473. The van der Waals surface area contributed by atoms with Gasteiger partial charge in [-0.05, 0) is 61.6 Å². The average molecular weight is 488 g/mol. The summed E-state index contributed by atoms with van der Waals surface area (Å²) in [4.78, 5) is 15.0. The van der Waals surface area contributed by atoms with E-state index in [0.717, 1.165) is 24.1 Å². The van der Waals surface area contributed by atoms with E-state index in [1.807, 2.05) is 17.0 Å². The highest BCUT2D eigenvalue weighted by atomic mass is 35.5. The molecular weight excluding hydrogens is 467 g/mol. The number of hydrogen-bond acceptors (Lipinski definition) is 3. The van der Waals surface area contributed by atoms with Crippen LogP contribution in [0.15, 0.2) is 41.3 Å². The fourth-order valence-electron chi connectivity index (χ4n) is 4.22. The zero-order valence-corrected chi connectivity index (χ0v) is 19.2. The van der Waals surface area contributed by atoms with Crippen molar-refractivity contribution in [3.63, 3.8) is 0 Å². The molecule has 160 valence electrons. The Hall–Kier alpha value is -1.31. The summed E-state index contributed by atoms with van der Waals surface area (Å²) in [5.74, 6) is -0.175. The van der Waals surface area contributed by atoms with Gasteiger partial charge in [0.25, 0.3) is 0 Å². The number of carbonyl (C=O) groups excluding carboxylic acids is 1. The van der Waals surface area contributed by atoms with Gasteiger partial charge in [0.1, 0.15) is 4.90 Å². The molecule has 9 heteroatoms. The molecule has 30 heavy (non-hydrogen) atoms. The Kier molecular flexibility index (Phi) is 6.33. The number of aryl methyl sites for hydroxylation is 1. The van der Waals surface area contributed by atoms with E-state index in [1.54, 1.807) is 12.1 Å². The molecular formula is C21H21Cl3N2O3S. The average Bonchev–Trinajstić information content (AvgIpc) is 2.72. The predicted molar refractivity (Wildman–Crippen MR) is 120 cm³/mol. The third-order valence-electron chi connectivity index (χ3n) is 5.75. The molecule has 1 saturated heterocycles. The molecule has 0 unspecified atom stereocenters. The normalized spacial score (nSPS) is 18.3. The molecule has 0 aliphatic carbocycles. The van der Waals surface area contributed by atoms with Crippen molar-refractivity contribution in [2.45, 2.75) is 30.6 Å². The highest BCUT2D eigenvalue weighted by Crippen LogP contribution is 2.35. The number of sulfonamides is 1. The second kappa shape index (κ2) is 8.67. The quantitative estimate of drug-likeness (QED) is 0.610. The zero-order chi connectivity index (χ0) is 21.5. The minimum atomic E-state index is -3.82. The van der Waals surface area contributed by atoms with E-state index in [2.05, 4.69) is 0 Å². The van der Waals surface area contributed by atoms with Gasteiger partial charge < -0.3 is 4.90 Å². The molecule has 1 amide bonds. The van der Waals surface area contributed by atoms with Gasteiger partial charge >= 0.3 is 0 Å². The first kappa shape index (κ1) is 21.9. The van der Waals surface area contributed by atoms with E-state index in [4.69, 9.17) is 34.8 Å². The SMILES string of the molecule is O=C(C1CCN(S(=O)(=O)c2c(Cl)cccc2Cl)CC1)N1CCCc2cc(Cl)ccc21. The maximum absolute atomic E-state index is 13.2. The van der Waals surface area contributed by atoms with Crippen LogP contribution in [-0.4, -0.2) is 38.3 Å². The van der Waals surface area contributed by atoms with Crippen LogP contribution in [0.25, 0.3) is 0 Å². The molecule has 2 aromatic rings. The van der Waals surface area contributed by atoms with Gasteiger partial charge in [0.2, 0.25) is 15.9 Å². The van der Waals surface area contributed by atoms with E-state index in [0.29, 0.717) is 24.4 Å². The van der Waals surface area contributed by atoms with Crippen molar-refractivity contribution in [3.8, 4) is 0 Å². The van der Waals surface area contributed by atoms with Gasteiger partial charge in [-0.1, -0.05) is 40.9 Å². The summed E-state index contributed by atoms with van der Waals surface area (Å²) in [5, 5.41) is 0.869. The Balaban J connectivity index is 1.49. The van der Waals surface area contributed by atoms with Crippen molar-refractivity contribution in [1.29, 1.82) is 0 Å². The molecule has 0 aromatic heterocycles. The molecule has 2 aromatic carbocycles. The second-order valence-corrected chi connectivity index (χ2v) is 10.7. The lowest BCUT2D eigenvalue weighted by Crippen LogP contribution is -2.45. The summed E-state index contributed by atoms with van der Waals surface area (Å²) in [6.45, 7) is 1.17. The van der Waals surface area contributed by atoms with Crippen LogP contribution in [0.4, 0.5) is 5.69 Å². The maximum Gasteiger partial charge on any atom is 0.246 e. The topological polar surface area (TPSA) is 57.7 Å². The maximum atomic E-state index is 13.2. The largest absolute Gasteiger partial charge is 0.312 e. The summed E-state index contributed by atoms with van der Waals surface area (Å²) in [6, 6.07) is 10.2. The summed E-state index contributed by atoms with van der Waals surface area (Å²) in [7, 11) is -3.82. The van der Waals surface area contributed by atoms with Crippen molar-refractivity contribution in [3.05, 3.63) is 57.0 Å². The van der Waals surface area contributed by atoms with Gasteiger partial charge in [0.15, 0.2) is 0 Å². The smallest absolute Gasteiger partial charge is 0.246 e. The number of benzene rings is 2. The molecule has 2 heterocycles. The first-order valence-corrected chi connectivity index (χ1v) is 12.4. The summed E-state index contributed by atoms with van der Waals surface area (Å²) >= 11 is 18.3. The van der Waals surface area contributed by atoms with Gasteiger partial charge in [0, 0.05) is 36.3 Å². The van der Waals surface area contributed by atoms with Crippen molar-refractivity contribution in [2.75, 3.05) is 24.5 Å². The first-order chi connectivity index (χ1) is 14.3. The van der Waals surface area contributed by atoms with Gasteiger partial charge in [-0.25, -0.2) is 8.42 Å². The third-order valence-corrected chi connectivity index (χ3v) is 8.84. The second-order valence-electron chi connectivity index (χ2n) is 7.60. The van der Waals surface area contributed by atoms with Crippen molar-refractivity contribution < 1.29 is 13.2 Å². The molecule has 1 fully saturated rings. The molecule has 4 rings (SSSR count). The molecule has 0 bridgehead atoms. The third kappa shape index (κ3) is 4.08. The number of anilines is 1. The molecule has 0 radical (unpaired) electrons. The number of fused-ring (bicyclic) bond motifs is 1. The van der Waals surface area contributed by atoms with Crippen molar-refractivity contribution in [1.82, 2.24) is 4.31 Å². The number of rotatable bonds is 3. The van der Waals surface area contributed by atoms with E-state index < -0.39 is 10.0 Å². The standard InChI is InChI=1S/C21H21Cl3N2O3S/c22-16-6-7-19-15(13-16)3-2-10-26(19)21(27)14-8-11-25(12-9-14)30(28,29)20-17(23)4-1-5-18(20)24/h1,4-7,13-14H,2-3,8-12H2. The highest BCUT2D eigenvalue weighted by Gasteiger charge is 2.36. The number of amides is 1. The van der Waals surface area contributed by atoms with Crippen LogP contribution in [-0.2, 0) is 21.2 Å². The van der Waals surface area contributed by atoms with Crippen LogP contribution in [0.5, 0.6) is 0 Å². The minimum Gasteiger partial charge on any atom is -0.312 e. The van der Waals surface area contributed by atoms with E-state index in [1.165, 1.54) is 16.4 Å². The molecule has 0 spiro atoms. The van der Waals surface area contributed by atoms with E-state index >= 15 is 0 Å². The molecule has 0 saturated carbocycles. The van der Waals surface area contributed by atoms with Crippen LogP contribution in [0, 0.1) is 5.92 Å². The lowest BCUT2D eigenvalue weighted by Gasteiger charge is -2.36. The van der Waals surface area contributed by atoms with Crippen LogP contribution >= 0.6 is 34.8 Å². The lowest BCUT2D eigenvalue weighted by molar-refractivity contribution is -0.123. The lowest BCUT2D eigenvalue weighted by atomic mass is 9.94. The Bertz CT molecular complexity index is 1060. The fourth-order valence-corrected chi connectivity index (χ4v) is 6.97. The van der Waals surface area contributed by atoms with Gasteiger partial charge in [-0.2, -0.15) is 4.31 Å². The van der Waals surface area contributed by atoms with Gasteiger partial charge in [-0.3, -0.25) is 4.79 Å². The Morgan fingerprint density at radius 2 is 1.63 bits per heavy atom. The highest BCUT2D eigenvalue weighted by molar-refractivity contribution is 7.89. The molecule has 0 atom stereocenters. The molecule has 0 N–H and O–H groups in total. The Morgan fingerprint density at radius 1 is 0.967 bits per heavy atom. The van der Waals surface area contributed by atoms with Gasteiger partial charge in [0.05, 0.1) is 10.0 Å². The number of carbonyl (C=O) groups is 1. The first-order valence-electron chi connectivity index (χ1n) is 9.83. The van der Waals surface area contributed by atoms with E-state index in [9.17, 15) is 13.2 Å². The van der Waals surface area contributed by atoms with Crippen LogP contribution in [0.3, 0.4) is 0 Å². The van der Waals surface area contributed by atoms with Gasteiger partial charge in [-0.15, -0.1) is 0 Å². The fraction of sp³-hybridized carbons (Fsp3) is 0.381.